The van der Waals surface area contributed by atoms with Gasteiger partial charge in [-0.25, -0.2) is 0 Å². The van der Waals surface area contributed by atoms with E-state index in [1.165, 1.54) is 18.2 Å². The number of likely N-dealkylation sites (N-methyl/N-ethyl adjacent to an activating group) is 1. The third-order valence-electron chi connectivity index (χ3n) is 4.19. The molecule has 7 nitrogen and oxygen atoms in total. The number of amides is 1. The number of nitrogens with zero attached hydrogens (tertiary/aromatic N) is 4. The lowest BCUT2D eigenvalue weighted by atomic mass is 10.1. The van der Waals surface area contributed by atoms with Crippen molar-refractivity contribution in [3.05, 3.63) is 74.8 Å². The minimum atomic E-state index is -0.474. The third kappa shape index (κ3) is 5.36. The lowest BCUT2D eigenvalue weighted by molar-refractivity contribution is -0.384. The van der Waals surface area contributed by atoms with Gasteiger partial charge >= 0.3 is 0 Å². The summed E-state index contributed by atoms with van der Waals surface area (Å²) in [7, 11) is 3.85. The number of hydrogen-bond acceptors (Lipinski definition) is 5. The second-order valence-electron chi connectivity index (χ2n) is 6.60. The van der Waals surface area contributed by atoms with Crippen molar-refractivity contribution in [2.24, 2.45) is 0 Å². The highest BCUT2D eigenvalue weighted by Crippen LogP contribution is 2.20. The molecule has 0 saturated carbocycles. The van der Waals surface area contributed by atoms with Crippen LogP contribution in [0.2, 0.25) is 0 Å². The third-order valence-corrected chi connectivity index (χ3v) is 4.19. The van der Waals surface area contributed by atoms with E-state index in [1.54, 1.807) is 30.0 Å². The predicted octanol–water partition coefficient (Wildman–Crippen LogP) is 2.98. The van der Waals surface area contributed by atoms with Crippen LogP contribution in [0.3, 0.4) is 0 Å². The minimum Gasteiger partial charge on any atom is -0.333 e. The fourth-order valence-corrected chi connectivity index (χ4v) is 2.70. The highest BCUT2D eigenvalue weighted by atomic mass is 16.6. The van der Waals surface area contributed by atoms with Crippen molar-refractivity contribution in [3.63, 3.8) is 0 Å². The zero-order valence-corrected chi connectivity index (χ0v) is 15.7. The Kier molecular flexibility index (Phi) is 6.63. The molecule has 0 saturated heterocycles. The lowest BCUT2D eigenvalue weighted by Crippen LogP contribution is -2.36. The second kappa shape index (κ2) is 8.92. The monoisotopic (exact) mass is 366 g/mol. The molecule has 2 aromatic carbocycles. The van der Waals surface area contributed by atoms with E-state index in [4.69, 9.17) is 5.26 Å². The molecule has 0 bridgehead atoms. The van der Waals surface area contributed by atoms with Crippen molar-refractivity contribution in [2.75, 3.05) is 27.2 Å². The van der Waals surface area contributed by atoms with Gasteiger partial charge in [0.2, 0.25) is 0 Å². The Morgan fingerprint density at radius 3 is 2.52 bits per heavy atom. The van der Waals surface area contributed by atoms with E-state index in [1.807, 2.05) is 25.1 Å². The van der Waals surface area contributed by atoms with Crippen molar-refractivity contribution < 1.29 is 9.72 Å². The molecule has 2 rings (SSSR count). The van der Waals surface area contributed by atoms with Gasteiger partial charge in [-0.2, -0.15) is 5.26 Å². The summed E-state index contributed by atoms with van der Waals surface area (Å²) in [6, 6.07) is 13.5. The van der Waals surface area contributed by atoms with Gasteiger partial charge in [-0.15, -0.1) is 0 Å². The molecule has 0 heterocycles. The maximum atomic E-state index is 13.1. The number of carbonyl (C=O) groups is 1. The van der Waals surface area contributed by atoms with E-state index >= 15 is 0 Å². The first kappa shape index (κ1) is 20.1. The molecule has 140 valence electrons. The Hall–Kier alpha value is -3.24. The molecule has 0 aliphatic rings. The highest BCUT2D eigenvalue weighted by molar-refractivity contribution is 5.96. The van der Waals surface area contributed by atoms with E-state index in [0.29, 0.717) is 36.3 Å². The summed E-state index contributed by atoms with van der Waals surface area (Å²) in [6.07, 6.45) is 0. The van der Waals surface area contributed by atoms with Crippen molar-refractivity contribution in [1.82, 2.24) is 9.80 Å². The first-order chi connectivity index (χ1) is 12.8. The maximum absolute atomic E-state index is 13.1. The van der Waals surface area contributed by atoms with Gasteiger partial charge in [-0.3, -0.25) is 14.9 Å². The molecule has 2 aromatic rings. The molecule has 7 heteroatoms. The normalized spacial score (nSPS) is 10.5. The van der Waals surface area contributed by atoms with E-state index in [-0.39, 0.29) is 11.6 Å². The van der Waals surface area contributed by atoms with Crippen LogP contribution in [0.1, 0.15) is 27.0 Å². The number of nitriles is 1. The Balaban J connectivity index is 2.30. The standard InChI is InChI=1S/C20H22N4O3/c1-15-11-18(24(26)27)7-8-19(15)20(25)23(10-9-22(2)3)14-17-6-4-5-16(12-17)13-21/h4-8,11-12H,9-10,14H2,1-3H3. The summed E-state index contributed by atoms with van der Waals surface area (Å²) >= 11 is 0. The summed E-state index contributed by atoms with van der Waals surface area (Å²) in [4.78, 5) is 27.2. The molecule has 1 amide bonds. The van der Waals surface area contributed by atoms with Crippen LogP contribution >= 0.6 is 0 Å². The molecular formula is C20H22N4O3. The number of non-ortho nitro benzene ring substituents is 1. The summed E-state index contributed by atoms with van der Waals surface area (Å²) in [6.45, 7) is 3.23. The van der Waals surface area contributed by atoms with Gasteiger partial charge in [0.1, 0.15) is 0 Å². The van der Waals surface area contributed by atoms with E-state index in [2.05, 4.69) is 6.07 Å². The Morgan fingerprint density at radius 1 is 1.19 bits per heavy atom. The molecule has 0 aromatic heterocycles. The van der Waals surface area contributed by atoms with Crippen LogP contribution < -0.4 is 0 Å². The van der Waals surface area contributed by atoms with Crippen molar-refractivity contribution in [2.45, 2.75) is 13.5 Å². The van der Waals surface area contributed by atoms with Crippen LogP contribution in [0.25, 0.3) is 0 Å². The molecule has 27 heavy (non-hydrogen) atoms. The number of aryl methyl sites for hydroxylation is 1. The predicted molar refractivity (Wildman–Crippen MR) is 102 cm³/mol. The quantitative estimate of drug-likeness (QED) is 0.555. The molecule has 0 aliphatic carbocycles. The average molecular weight is 366 g/mol. The molecule has 0 spiro atoms. The molecule has 0 unspecified atom stereocenters. The SMILES string of the molecule is Cc1cc([N+](=O)[O-])ccc1C(=O)N(CCN(C)C)Cc1cccc(C#N)c1. The van der Waals surface area contributed by atoms with Gasteiger partial charge in [0.05, 0.1) is 16.6 Å². The van der Waals surface area contributed by atoms with Crippen molar-refractivity contribution in [3.8, 4) is 6.07 Å². The first-order valence-corrected chi connectivity index (χ1v) is 8.50. The molecule has 0 aliphatic heterocycles. The zero-order valence-electron chi connectivity index (χ0n) is 15.7. The van der Waals surface area contributed by atoms with E-state index < -0.39 is 4.92 Å². The van der Waals surface area contributed by atoms with Gasteiger partial charge < -0.3 is 9.80 Å². The highest BCUT2D eigenvalue weighted by Gasteiger charge is 2.20. The van der Waals surface area contributed by atoms with Crippen molar-refractivity contribution >= 4 is 11.6 Å². The topological polar surface area (TPSA) is 90.5 Å². The molecule has 0 radical (unpaired) electrons. The summed E-state index contributed by atoms with van der Waals surface area (Å²) in [5.41, 5.74) is 2.37. The maximum Gasteiger partial charge on any atom is 0.269 e. The zero-order chi connectivity index (χ0) is 20.0. The number of carbonyl (C=O) groups excluding carboxylic acids is 1. The van der Waals surface area contributed by atoms with E-state index in [0.717, 1.165) is 5.56 Å². The Morgan fingerprint density at radius 2 is 1.93 bits per heavy atom. The lowest BCUT2D eigenvalue weighted by Gasteiger charge is -2.25. The number of nitro groups is 1. The van der Waals surface area contributed by atoms with Gasteiger partial charge in [-0.05, 0) is 50.3 Å². The molecule has 0 atom stereocenters. The van der Waals surface area contributed by atoms with Gasteiger partial charge in [0.25, 0.3) is 11.6 Å². The second-order valence-corrected chi connectivity index (χ2v) is 6.60. The van der Waals surface area contributed by atoms with Crippen LogP contribution in [0.4, 0.5) is 5.69 Å². The van der Waals surface area contributed by atoms with Crippen LogP contribution in [-0.2, 0) is 6.54 Å². The number of hydrogen-bond donors (Lipinski definition) is 0. The van der Waals surface area contributed by atoms with Crippen LogP contribution in [0.5, 0.6) is 0 Å². The smallest absolute Gasteiger partial charge is 0.269 e. The molecule has 0 N–H and O–H groups in total. The van der Waals surface area contributed by atoms with Crippen LogP contribution in [0, 0.1) is 28.4 Å². The van der Waals surface area contributed by atoms with Gasteiger partial charge in [0, 0.05) is 37.3 Å². The van der Waals surface area contributed by atoms with Crippen LogP contribution in [-0.4, -0.2) is 47.8 Å². The summed E-state index contributed by atoms with van der Waals surface area (Å²) in [5, 5.41) is 20.0. The Labute approximate surface area is 158 Å². The Bertz CT molecular complexity index is 887. The van der Waals surface area contributed by atoms with Gasteiger partial charge in [0.15, 0.2) is 0 Å². The van der Waals surface area contributed by atoms with Gasteiger partial charge in [-0.1, -0.05) is 12.1 Å². The minimum absolute atomic E-state index is 0.0365. The molecule has 0 fully saturated rings. The number of nitro benzene ring substituents is 1. The van der Waals surface area contributed by atoms with Crippen molar-refractivity contribution in [1.29, 1.82) is 5.26 Å². The number of rotatable bonds is 7. The summed E-state index contributed by atoms with van der Waals surface area (Å²) in [5.74, 6) is -0.188. The average Bonchev–Trinajstić information content (AvgIpc) is 2.64. The fourth-order valence-electron chi connectivity index (χ4n) is 2.70. The fraction of sp³-hybridized carbons (Fsp3) is 0.300. The first-order valence-electron chi connectivity index (χ1n) is 8.50. The number of benzene rings is 2. The molecular weight excluding hydrogens is 344 g/mol. The summed E-state index contributed by atoms with van der Waals surface area (Å²) < 4.78 is 0. The largest absolute Gasteiger partial charge is 0.333 e. The van der Waals surface area contributed by atoms with Crippen LogP contribution in [0.15, 0.2) is 42.5 Å². The van der Waals surface area contributed by atoms with E-state index in [9.17, 15) is 14.9 Å².